The first-order valence-corrected chi connectivity index (χ1v) is 10.8. The van der Waals surface area contributed by atoms with E-state index in [4.69, 9.17) is 22.1 Å². The summed E-state index contributed by atoms with van der Waals surface area (Å²) in [6.45, 7) is 0. The van der Waals surface area contributed by atoms with E-state index < -0.39 is 22.2 Å². The number of nitrogens with two attached hydrogens (primary N) is 1. The molecule has 0 saturated heterocycles. The fourth-order valence-electron chi connectivity index (χ4n) is 3.42. The summed E-state index contributed by atoms with van der Waals surface area (Å²) in [7, 11) is -3.99. The minimum Gasteiger partial charge on any atom is -0.454 e. The highest BCUT2D eigenvalue weighted by molar-refractivity contribution is 7.89. The van der Waals surface area contributed by atoms with Crippen LogP contribution in [0.1, 0.15) is 17.2 Å². The van der Waals surface area contributed by atoms with E-state index in [1.165, 1.54) is 12.1 Å². The number of hydrogen-bond donors (Lipinski definition) is 3. The second kappa shape index (κ2) is 7.68. The number of aliphatic hydroxyl groups excluding tert-OH is 1. The lowest BCUT2D eigenvalue weighted by atomic mass is 10.1. The fraction of sp³-hybridized carbons (Fsp3) is 0.143. The van der Waals surface area contributed by atoms with Crippen molar-refractivity contribution in [1.29, 1.82) is 0 Å². The van der Waals surface area contributed by atoms with Crippen molar-refractivity contribution in [3.63, 3.8) is 0 Å². The van der Waals surface area contributed by atoms with E-state index in [-0.39, 0.29) is 21.4 Å². The Hall–Kier alpha value is -2.58. The highest BCUT2D eigenvalue weighted by atomic mass is 35.5. The molecule has 3 aromatic carbocycles. The van der Waals surface area contributed by atoms with Crippen LogP contribution in [0.2, 0.25) is 5.02 Å². The molecule has 0 fully saturated rings. The van der Waals surface area contributed by atoms with Crippen LogP contribution in [0.4, 0.5) is 5.69 Å². The first kappa shape index (κ1) is 19.7. The van der Waals surface area contributed by atoms with Gasteiger partial charge in [-0.2, -0.15) is 0 Å². The topological polar surface area (TPSA) is 102 Å². The van der Waals surface area contributed by atoms with Crippen molar-refractivity contribution in [3.8, 4) is 11.5 Å². The van der Waals surface area contributed by atoms with Gasteiger partial charge < -0.3 is 15.6 Å². The third-order valence-electron chi connectivity index (χ3n) is 4.80. The van der Waals surface area contributed by atoms with Gasteiger partial charge in [-0.05, 0) is 41.5 Å². The summed E-state index contributed by atoms with van der Waals surface area (Å²) < 4.78 is 34.7. The van der Waals surface area contributed by atoms with E-state index in [9.17, 15) is 13.5 Å². The van der Waals surface area contributed by atoms with Crippen LogP contribution in [0, 0.1) is 0 Å². The molecular formula is C21H19ClN2O4S. The Morgan fingerprint density at radius 2 is 1.76 bits per heavy atom. The van der Waals surface area contributed by atoms with Crippen LogP contribution in [0.5, 0.6) is 11.5 Å². The maximum atomic E-state index is 13.1. The van der Waals surface area contributed by atoms with Crippen molar-refractivity contribution in [3.05, 3.63) is 82.9 Å². The molecular weight excluding hydrogens is 412 g/mol. The fourth-order valence-corrected chi connectivity index (χ4v) is 5.03. The van der Waals surface area contributed by atoms with Crippen molar-refractivity contribution < 1.29 is 18.3 Å². The maximum Gasteiger partial charge on any atom is 0.244 e. The first-order valence-electron chi connectivity index (χ1n) is 8.95. The number of benzene rings is 3. The molecule has 0 saturated carbocycles. The molecule has 150 valence electrons. The predicted octanol–water partition coefficient (Wildman–Crippen LogP) is 3.65. The molecule has 4 rings (SSSR count). The summed E-state index contributed by atoms with van der Waals surface area (Å²) in [6.07, 6.45) is -0.454. The van der Waals surface area contributed by atoms with Crippen molar-refractivity contribution in [2.75, 3.05) is 5.73 Å². The van der Waals surface area contributed by atoms with Gasteiger partial charge in [0, 0.05) is 12.1 Å². The number of nitrogens with one attached hydrogen (secondary N) is 1. The summed E-state index contributed by atoms with van der Waals surface area (Å²) in [5.41, 5.74) is 7.85. The van der Waals surface area contributed by atoms with E-state index in [1.54, 1.807) is 30.3 Å². The van der Waals surface area contributed by atoms with Crippen LogP contribution in [0.3, 0.4) is 0 Å². The lowest BCUT2D eigenvalue weighted by molar-refractivity contribution is 0.151. The van der Waals surface area contributed by atoms with Gasteiger partial charge in [0.15, 0.2) is 0 Å². The molecule has 0 radical (unpaired) electrons. The zero-order chi connectivity index (χ0) is 20.6. The van der Waals surface area contributed by atoms with E-state index in [0.29, 0.717) is 12.1 Å². The molecule has 4 N–H and O–H groups in total. The summed E-state index contributed by atoms with van der Waals surface area (Å²) in [6, 6.07) is 17.6. The van der Waals surface area contributed by atoms with E-state index in [0.717, 1.165) is 11.1 Å². The molecule has 2 unspecified atom stereocenters. The highest BCUT2D eigenvalue weighted by Gasteiger charge is 2.35. The molecule has 2 atom stereocenters. The van der Waals surface area contributed by atoms with Gasteiger partial charge >= 0.3 is 0 Å². The van der Waals surface area contributed by atoms with Crippen LogP contribution in [0.25, 0.3) is 0 Å². The maximum absolute atomic E-state index is 13.1. The van der Waals surface area contributed by atoms with E-state index in [2.05, 4.69) is 4.72 Å². The van der Waals surface area contributed by atoms with Gasteiger partial charge in [-0.25, -0.2) is 13.1 Å². The quantitative estimate of drug-likeness (QED) is 0.536. The second-order valence-electron chi connectivity index (χ2n) is 6.81. The molecule has 0 bridgehead atoms. The minimum atomic E-state index is -3.99. The summed E-state index contributed by atoms with van der Waals surface area (Å²) >= 11 is 6.16. The number of halogens is 1. The smallest absolute Gasteiger partial charge is 0.244 e. The number of para-hydroxylation sites is 1. The van der Waals surface area contributed by atoms with Crippen LogP contribution in [-0.2, 0) is 16.4 Å². The van der Waals surface area contributed by atoms with Crippen LogP contribution in [-0.4, -0.2) is 19.6 Å². The number of aliphatic hydroxyl groups is 1. The van der Waals surface area contributed by atoms with Crippen LogP contribution < -0.4 is 15.2 Å². The molecule has 0 aromatic heterocycles. The van der Waals surface area contributed by atoms with Gasteiger partial charge in [0.2, 0.25) is 10.0 Å². The highest BCUT2D eigenvalue weighted by Crippen LogP contribution is 2.36. The Balaban J connectivity index is 1.66. The van der Waals surface area contributed by atoms with Gasteiger partial charge in [-0.3, -0.25) is 0 Å². The van der Waals surface area contributed by atoms with Crippen LogP contribution >= 0.6 is 11.6 Å². The molecule has 0 spiro atoms. The van der Waals surface area contributed by atoms with Gasteiger partial charge in [0.25, 0.3) is 0 Å². The summed E-state index contributed by atoms with van der Waals surface area (Å²) in [5.74, 6) is 0.405. The molecule has 1 aliphatic rings. The molecule has 0 heterocycles. The number of rotatable bonds is 5. The zero-order valence-electron chi connectivity index (χ0n) is 15.2. The summed E-state index contributed by atoms with van der Waals surface area (Å²) in [4.78, 5) is -0.0514. The molecule has 3 aromatic rings. The molecule has 8 heteroatoms. The lowest BCUT2D eigenvalue weighted by Crippen LogP contribution is -2.34. The Morgan fingerprint density at radius 1 is 1.03 bits per heavy atom. The molecule has 0 aliphatic heterocycles. The average molecular weight is 431 g/mol. The van der Waals surface area contributed by atoms with Gasteiger partial charge in [0.05, 0.1) is 17.2 Å². The monoisotopic (exact) mass is 430 g/mol. The summed E-state index contributed by atoms with van der Waals surface area (Å²) in [5, 5.41) is 10.7. The average Bonchev–Trinajstić information content (AvgIpc) is 2.99. The largest absolute Gasteiger partial charge is 0.454 e. The van der Waals surface area contributed by atoms with Gasteiger partial charge in [-0.1, -0.05) is 48.0 Å². The van der Waals surface area contributed by atoms with E-state index in [1.807, 2.05) is 24.3 Å². The third-order valence-corrected chi connectivity index (χ3v) is 6.58. The number of fused-ring (bicyclic) bond motifs is 1. The second-order valence-corrected chi connectivity index (χ2v) is 8.90. The van der Waals surface area contributed by atoms with Gasteiger partial charge in [0.1, 0.15) is 16.4 Å². The van der Waals surface area contributed by atoms with Gasteiger partial charge in [-0.15, -0.1) is 0 Å². The number of hydrogen-bond acceptors (Lipinski definition) is 5. The number of anilines is 1. The lowest BCUT2D eigenvalue weighted by Gasteiger charge is -2.19. The SMILES string of the molecule is Nc1ccc(Oc2ccccc2S(=O)(=O)NC2c3ccccc3CC2O)c(Cl)c1. The molecule has 6 nitrogen and oxygen atoms in total. The molecule has 29 heavy (non-hydrogen) atoms. The van der Waals surface area contributed by atoms with Crippen molar-refractivity contribution in [2.24, 2.45) is 0 Å². The predicted molar refractivity (Wildman–Crippen MR) is 112 cm³/mol. The normalized spacial score (nSPS) is 18.4. The Bertz CT molecular complexity index is 1170. The minimum absolute atomic E-state index is 0.0514. The molecule has 1 aliphatic carbocycles. The first-order chi connectivity index (χ1) is 13.8. The Morgan fingerprint density at radius 3 is 2.55 bits per heavy atom. The Kier molecular flexibility index (Phi) is 5.23. The third kappa shape index (κ3) is 3.95. The number of ether oxygens (including phenoxy) is 1. The van der Waals surface area contributed by atoms with Crippen molar-refractivity contribution in [2.45, 2.75) is 23.5 Å². The molecule has 0 amide bonds. The van der Waals surface area contributed by atoms with Crippen LogP contribution in [0.15, 0.2) is 71.6 Å². The van der Waals surface area contributed by atoms with Crippen molar-refractivity contribution in [1.82, 2.24) is 4.72 Å². The Labute approximate surface area is 173 Å². The van der Waals surface area contributed by atoms with E-state index >= 15 is 0 Å². The van der Waals surface area contributed by atoms with Crippen molar-refractivity contribution >= 4 is 27.3 Å². The standard InChI is InChI=1S/C21H19ClN2O4S/c22-16-12-14(23)9-10-18(16)28-19-7-3-4-8-20(19)29(26,27)24-21-15-6-2-1-5-13(15)11-17(21)25/h1-10,12,17,21,24-25H,11,23H2. The number of nitrogen functional groups attached to an aromatic ring is 1. The zero-order valence-corrected chi connectivity index (χ0v) is 16.8. The number of sulfonamides is 1.